The summed E-state index contributed by atoms with van der Waals surface area (Å²) < 4.78 is 0. The number of carboxylic acids is 1. The van der Waals surface area contributed by atoms with Crippen LogP contribution in [0.3, 0.4) is 0 Å². The largest absolute Gasteiger partial charge is 0.478 e. The number of carbonyl (C=O) groups excluding carboxylic acids is 1. The van der Waals surface area contributed by atoms with Crippen molar-refractivity contribution < 1.29 is 19.6 Å². The molecule has 136 valence electrons. The van der Waals surface area contributed by atoms with Crippen LogP contribution in [-0.2, 0) is 9.59 Å². The zero-order valence-electron chi connectivity index (χ0n) is 14.1. The molecule has 1 heterocycles. The van der Waals surface area contributed by atoms with Crippen molar-refractivity contribution in [3.63, 3.8) is 0 Å². The molecule has 8 heteroatoms. The Morgan fingerprint density at radius 3 is 2.56 bits per heavy atom. The molecule has 8 nitrogen and oxygen atoms in total. The molecule has 0 saturated carbocycles. The molecular weight excluding hydrogens is 350 g/mol. The third-order valence-corrected chi connectivity index (χ3v) is 4.08. The molecule has 0 aromatic heterocycles. The molecule has 1 atom stereocenters. The maximum Gasteiger partial charge on any atom is 0.328 e. The smallest absolute Gasteiger partial charge is 0.328 e. The van der Waals surface area contributed by atoms with Crippen molar-refractivity contribution in [1.82, 2.24) is 5.01 Å². The second-order valence-electron chi connectivity index (χ2n) is 5.84. The fourth-order valence-corrected chi connectivity index (χ4v) is 2.84. The van der Waals surface area contributed by atoms with E-state index in [4.69, 9.17) is 5.11 Å². The molecule has 0 spiro atoms. The minimum Gasteiger partial charge on any atom is -0.478 e. The van der Waals surface area contributed by atoms with Crippen molar-refractivity contribution in [1.29, 1.82) is 0 Å². The van der Waals surface area contributed by atoms with Crippen LogP contribution in [0.1, 0.15) is 23.6 Å². The number of hydrogen-bond donors (Lipinski definition) is 1. The van der Waals surface area contributed by atoms with Gasteiger partial charge in [-0.25, -0.2) is 9.80 Å². The van der Waals surface area contributed by atoms with Crippen LogP contribution in [0.4, 0.5) is 5.69 Å². The molecule has 27 heavy (non-hydrogen) atoms. The van der Waals surface area contributed by atoms with E-state index < -0.39 is 22.8 Å². The molecule has 1 aliphatic heterocycles. The fourth-order valence-electron chi connectivity index (χ4n) is 2.84. The van der Waals surface area contributed by atoms with E-state index >= 15 is 0 Å². The summed E-state index contributed by atoms with van der Waals surface area (Å²) in [5, 5.41) is 25.3. The Balaban J connectivity index is 1.98. The third kappa shape index (κ3) is 4.06. The summed E-state index contributed by atoms with van der Waals surface area (Å²) in [7, 11) is 0. The predicted octanol–water partition coefficient (Wildman–Crippen LogP) is 2.91. The zero-order chi connectivity index (χ0) is 19.4. The number of nitro benzene ring substituents is 1. The van der Waals surface area contributed by atoms with Gasteiger partial charge < -0.3 is 5.11 Å². The summed E-state index contributed by atoms with van der Waals surface area (Å²) in [5.41, 5.74) is 1.93. The Hall–Kier alpha value is -3.81. The number of benzene rings is 2. The number of non-ortho nitro benzene ring substituents is 1. The molecule has 1 aliphatic rings. The van der Waals surface area contributed by atoms with Gasteiger partial charge in [0.05, 0.1) is 16.7 Å². The first kappa shape index (κ1) is 18.0. The second-order valence-corrected chi connectivity index (χ2v) is 5.84. The number of carboxylic acid groups (broad SMARTS) is 1. The van der Waals surface area contributed by atoms with Crippen molar-refractivity contribution in [3.05, 3.63) is 88.0 Å². The highest BCUT2D eigenvalue weighted by molar-refractivity contribution is 6.04. The number of amides is 1. The summed E-state index contributed by atoms with van der Waals surface area (Å²) in [6.45, 7) is 0. The normalized spacial score (nSPS) is 16.4. The van der Waals surface area contributed by atoms with Crippen molar-refractivity contribution in [2.75, 3.05) is 0 Å². The number of hydrogen-bond acceptors (Lipinski definition) is 5. The standard InChI is InChI=1S/C19H15N3O5/c23-18(9-10-19(24)25)21-17(14-7-4-8-15(11-14)22(26)27)12-16(20-21)13-5-2-1-3-6-13/h1-11,17H,12H2,(H,24,25)/b10-9+/t17-/m1/s1. The number of hydrazone groups is 1. The average molecular weight is 365 g/mol. The van der Waals surface area contributed by atoms with Gasteiger partial charge in [-0.2, -0.15) is 5.10 Å². The zero-order valence-corrected chi connectivity index (χ0v) is 14.1. The second kappa shape index (κ2) is 7.61. The number of nitrogens with zero attached hydrogens (tertiary/aromatic N) is 3. The van der Waals surface area contributed by atoms with E-state index in [-0.39, 0.29) is 5.69 Å². The number of aliphatic carboxylic acids is 1. The minimum absolute atomic E-state index is 0.0888. The Kier molecular flexibility index (Phi) is 5.07. The molecule has 0 saturated heterocycles. The van der Waals surface area contributed by atoms with E-state index in [0.29, 0.717) is 17.7 Å². The van der Waals surface area contributed by atoms with Crippen molar-refractivity contribution in [3.8, 4) is 0 Å². The minimum atomic E-state index is -1.25. The van der Waals surface area contributed by atoms with Crippen molar-refractivity contribution >= 4 is 23.3 Å². The van der Waals surface area contributed by atoms with E-state index in [2.05, 4.69) is 5.10 Å². The highest BCUT2D eigenvalue weighted by atomic mass is 16.6. The van der Waals surface area contributed by atoms with Crippen LogP contribution in [-0.4, -0.2) is 32.6 Å². The first-order valence-electron chi connectivity index (χ1n) is 8.07. The molecule has 0 unspecified atom stereocenters. The maximum atomic E-state index is 12.5. The lowest BCUT2D eigenvalue weighted by Crippen LogP contribution is -2.25. The van der Waals surface area contributed by atoms with E-state index in [9.17, 15) is 19.7 Å². The van der Waals surface area contributed by atoms with Crippen LogP contribution in [0.15, 0.2) is 71.9 Å². The fraction of sp³-hybridized carbons (Fsp3) is 0.105. The van der Waals surface area contributed by atoms with Crippen LogP contribution in [0.5, 0.6) is 0 Å². The quantitative estimate of drug-likeness (QED) is 0.497. The maximum absolute atomic E-state index is 12.5. The molecule has 0 bridgehead atoms. The van der Waals surface area contributed by atoms with E-state index in [1.165, 1.54) is 17.1 Å². The average Bonchev–Trinajstić information content (AvgIpc) is 3.12. The summed E-state index contributed by atoms with van der Waals surface area (Å²) in [4.78, 5) is 33.7. The SMILES string of the molecule is O=C(O)/C=C/C(=O)N1N=C(c2ccccc2)C[C@@H]1c1cccc([N+](=O)[O-])c1. The van der Waals surface area contributed by atoms with Gasteiger partial charge in [-0.15, -0.1) is 0 Å². The van der Waals surface area contributed by atoms with E-state index in [0.717, 1.165) is 17.7 Å². The third-order valence-electron chi connectivity index (χ3n) is 4.08. The number of nitro groups is 1. The van der Waals surface area contributed by atoms with Crippen LogP contribution in [0.2, 0.25) is 0 Å². The van der Waals surface area contributed by atoms with E-state index in [1.807, 2.05) is 30.3 Å². The van der Waals surface area contributed by atoms with Gasteiger partial charge in [-0.1, -0.05) is 42.5 Å². The Morgan fingerprint density at radius 2 is 1.89 bits per heavy atom. The lowest BCUT2D eigenvalue weighted by molar-refractivity contribution is -0.384. The Labute approximate surface area is 154 Å². The molecule has 2 aromatic carbocycles. The van der Waals surface area contributed by atoms with Crippen LogP contribution < -0.4 is 0 Å². The number of carbonyl (C=O) groups is 2. The molecule has 0 aliphatic carbocycles. The van der Waals surface area contributed by atoms with Gasteiger partial charge in [0.15, 0.2) is 0 Å². The van der Waals surface area contributed by atoms with Gasteiger partial charge in [0, 0.05) is 30.7 Å². The number of rotatable bonds is 5. The van der Waals surface area contributed by atoms with Crippen LogP contribution in [0, 0.1) is 10.1 Å². The highest BCUT2D eigenvalue weighted by Crippen LogP contribution is 2.34. The molecule has 3 rings (SSSR count). The van der Waals surface area contributed by atoms with Crippen molar-refractivity contribution in [2.45, 2.75) is 12.5 Å². The molecule has 1 N–H and O–H groups in total. The molecule has 0 radical (unpaired) electrons. The van der Waals surface area contributed by atoms with Gasteiger partial charge in [0.1, 0.15) is 0 Å². The molecule has 0 fully saturated rings. The van der Waals surface area contributed by atoms with Crippen LogP contribution >= 0.6 is 0 Å². The monoisotopic (exact) mass is 365 g/mol. The lowest BCUT2D eigenvalue weighted by atomic mass is 9.98. The topological polar surface area (TPSA) is 113 Å². The summed E-state index contributed by atoms with van der Waals surface area (Å²) in [6, 6.07) is 14.7. The van der Waals surface area contributed by atoms with Crippen LogP contribution in [0.25, 0.3) is 0 Å². The Bertz CT molecular complexity index is 953. The van der Waals surface area contributed by atoms with Gasteiger partial charge >= 0.3 is 5.97 Å². The highest BCUT2D eigenvalue weighted by Gasteiger charge is 2.32. The summed E-state index contributed by atoms with van der Waals surface area (Å²) >= 11 is 0. The predicted molar refractivity (Wildman–Crippen MR) is 97.1 cm³/mol. The first-order valence-corrected chi connectivity index (χ1v) is 8.07. The van der Waals surface area contributed by atoms with Gasteiger partial charge in [0.25, 0.3) is 11.6 Å². The summed E-state index contributed by atoms with van der Waals surface area (Å²) in [5.74, 6) is -1.86. The molecular formula is C19H15N3O5. The Morgan fingerprint density at radius 1 is 1.15 bits per heavy atom. The first-order chi connectivity index (χ1) is 13.0. The molecule has 1 amide bonds. The van der Waals surface area contributed by atoms with Gasteiger partial charge in [0.2, 0.25) is 0 Å². The molecule has 2 aromatic rings. The lowest BCUT2D eigenvalue weighted by Gasteiger charge is -2.20. The van der Waals surface area contributed by atoms with Gasteiger partial charge in [-0.05, 0) is 11.1 Å². The van der Waals surface area contributed by atoms with Gasteiger partial charge in [-0.3, -0.25) is 14.9 Å². The van der Waals surface area contributed by atoms with Crippen molar-refractivity contribution in [2.24, 2.45) is 5.10 Å². The van der Waals surface area contributed by atoms with E-state index in [1.54, 1.807) is 12.1 Å². The summed E-state index contributed by atoms with van der Waals surface area (Å²) in [6.07, 6.45) is 2.02.